The maximum absolute atomic E-state index is 14.1. The van der Waals surface area contributed by atoms with E-state index in [1.54, 1.807) is 58.8 Å². The Morgan fingerprint density at radius 2 is 1.62 bits per heavy atom. The minimum absolute atomic E-state index is 0.0263. The average Bonchev–Trinajstić information content (AvgIpc) is 3.93. The van der Waals surface area contributed by atoms with Gasteiger partial charge in [0.25, 0.3) is 11.8 Å². The Morgan fingerprint density at radius 1 is 0.899 bits per heavy atom. The molecule has 1 aliphatic carbocycles. The molecular formula is C53H60N6O8S2. The Balaban J connectivity index is 1.00. The number of carbonyl (C=O) groups is 4. The van der Waals surface area contributed by atoms with Crippen molar-refractivity contribution >= 4 is 74.7 Å². The maximum Gasteiger partial charge on any atom is 0.260 e. The van der Waals surface area contributed by atoms with Crippen molar-refractivity contribution < 1.29 is 38.1 Å². The Morgan fingerprint density at radius 3 is 2.36 bits per heavy atom. The largest absolute Gasteiger partial charge is 0.493 e. The zero-order valence-electron chi connectivity index (χ0n) is 39.9. The van der Waals surface area contributed by atoms with Crippen LogP contribution in [0.1, 0.15) is 96.2 Å². The van der Waals surface area contributed by atoms with Crippen LogP contribution in [0.5, 0.6) is 23.0 Å². The van der Waals surface area contributed by atoms with Crippen LogP contribution in [0.3, 0.4) is 0 Å². The van der Waals surface area contributed by atoms with Crippen LogP contribution >= 0.6 is 21.6 Å². The Labute approximate surface area is 412 Å². The first-order valence-electron chi connectivity index (χ1n) is 23.4. The lowest BCUT2D eigenvalue weighted by Gasteiger charge is -2.23. The fraction of sp³-hybridized carbons (Fsp3) is 0.377. The highest BCUT2D eigenvalue weighted by Gasteiger charge is 2.38. The first kappa shape index (κ1) is 49.0. The lowest BCUT2D eigenvalue weighted by atomic mass is 10.0. The zero-order chi connectivity index (χ0) is 48.7. The summed E-state index contributed by atoms with van der Waals surface area (Å²) < 4.78 is 24.3. The number of likely N-dealkylation sites (tertiary alicyclic amines) is 1. The number of methoxy groups -OCH3 is 2. The summed E-state index contributed by atoms with van der Waals surface area (Å²) in [6.07, 6.45) is 9.97. The third-order valence-corrected chi connectivity index (χ3v) is 16.1. The van der Waals surface area contributed by atoms with Crippen molar-refractivity contribution in [1.29, 1.82) is 0 Å². The number of anilines is 3. The summed E-state index contributed by atoms with van der Waals surface area (Å²) in [5.41, 5.74) is 8.15. The van der Waals surface area contributed by atoms with Gasteiger partial charge in [-0.15, -0.1) is 0 Å². The smallest absolute Gasteiger partial charge is 0.260 e. The molecule has 16 heteroatoms. The molecule has 4 aromatic rings. The summed E-state index contributed by atoms with van der Waals surface area (Å²) >= 11 is 0. The molecule has 362 valence electrons. The highest BCUT2D eigenvalue weighted by molar-refractivity contribution is 8.77. The number of para-hydroxylation sites is 1. The normalized spacial score (nSPS) is 15.8. The van der Waals surface area contributed by atoms with Gasteiger partial charge in [0.05, 0.1) is 42.8 Å². The molecule has 3 heterocycles. The van der Waals surface area contributed by atoms with Gasteiger partial charge in [0.1, 0.15) is 13.2 Å². The first-order valence-corrected chi connectivity index (χ1v) is 25.7. The number of nitrogens with one attached hydrogen (secondary N) is 3. The van der Waals surface area contributed by atoms with E-state index in [1.165, 1.54) is 12.7 Å². The number of rotatable bonds is 20. The maximum atomic E-state index is 14.1. The van der Waals surface area contributed by atoms with E-state index in [1.807, 2.05) is 47.4 Å². The van der Waals surface area contributed by atoms with Crippen molar-refractivity contribution in [3.05, 3.63) is 118 Å². The third-order valence-electron chi connectivity index (χ3n) is 12.7. The van der Waals surface area contributed by atoms with E-state index in [-0.39, 0.29) is 47.6 Å². The van der Waals surface area contributed by atoms with Crippen LogP contribution in [0.2, 0.25) is 0 Å². The fourth-order valence-corrected chi connectivity index (χ4v) is 11.8. The molecule has 3 aliphatic heterocycles. The van der Waals surface area contributed by atoms with Crippen molar-refractivity contribution in [2.24, 2.45) is 4.99 Å². The van der Waals surface area contributed by atoms with Crippen LogP contribution in [0.4, 0.5) is 22.7 Å². The number of hydrogen-bond donors (Lipinski definition) is 3. The van der Waals surface area contributed by atoms with Crippen LogP contribution in [-0.2, 0) is 29.2 Å². The number of benzene rings is 4. The molecule has 1 fully saturated rings. The van der Waals surface area contributed by atoms with Gasteiger partial charge < -0.3 is 44.7 Å². The molecule has 4 amide bonds. The van der Waals surface area contributed by atoms with Gasteiger partial charge in [0.15, 0.2) is 23.0 Å². The van der Waals surface area contributed by atoms with E-state index in [9.17, 15) is 19.2 Å². The molecule has 0 aromatic heterocycles. The van der Waals surface area contributed by atoms with E-state index in [4.69, 9.17) is 18.9 Å². The van der Waals surface area contributed by atoms with Crippen molar-refractivity contribution in [1.82, 2.24) is 10.2 Å². The molecular weight excluding hydrogens is 913 g/mol. The highest BCUT2D eigenvalue weighted by atomic mass is 33.1. The van der Waals surface area contributed by atoms with Crippen LogP contribution in [0.15, 0.2) is 95.1 Å². The van der Waals surface area contributed by atoms with Gasteiger partial charge in [-0.2, -0.15) is 0 Å². The second kappa shape index (κ2) is 21.9. The first-order chi connectivity index (χ1) is 33.4. The molecule has 1 unspecified atom stereocenters. The number of fused-ring (bicyclic) bond motifs is 5. The van der Waals surface area contributed by atoms with Gasteiger partial charge in [-0.3, -0.25) is 24.2 Å². The molecule has 3 N–H and O–H groups in total. The molecule has 4 aliphatic rings. The number of ether oxygens (including phenoxy) is 4. The number of carbonyl (C=O) groups excluding carboxylic acids is 4. The topological polar surface area (TPSA) is 160 Å². The Kier molecular flexibility index (Phi) is 15.6. The predicted octanol–water partition coefficient (Wildman–Crippen LogP) is 10.0. The monoisotopic (exact) mass is 972 g/mol. The molecule has 0 bridgehead atoms. The SMILES string of the molecule is C=Nc1cc(OCc2cc(COc3cc4c(cc3OC)C(=O)N3c5ccccc5CC3CN4)cc(NC(=O)CCC(C)(C)SSCCCC(=O)NC)c2)c(OC)cc1C(=O)N1CCC2=CCCC=C21. The molecule has 69 heavy (non-hydrogen) atoms. The number of hydrogen-bond acceptors (Lipinski definition) is 12. The minimum Gasteiger partial charge on any atom is -0.493 e. The van der Waals surface area contributed by atoms with Crippen molar-refractivity contribution in [2.75, 3.05) is 55.6 Å². The van der Waals surface area contributed by atoms with Gasteiger partial charge in [-0.05, 0) is 118 Å². The summed E-state index contributed by atoms with van der Waals surface area (Å²) in [6, 6.07) is 20.5. The highest BCUT2D eigenvalue weighted by Crippen LogP contribution is 2.43. The van der Waals surface area contributed by atoms with Crippen molar-refractivity contribution in [3.63, 3.8) is 0 Å². The standard InChI is InChI=1S/C53H60N6O8S2/c1-53(2,69-68-21-11-16-49(60)55-4)19-17-50(61)57-37-23-33(31-66-47-28-41(54-3)39(26-45(47)64-5)51(62)58-20-18-35-12-7-9-14-43(35)58)22-34(24-37)32-67-48-29-42-40(27-46(48)65-6)52(63)59-38(30-56-42)25-36-13-8-10-15-44(36)59/h8,10,12-15,22-24,26-29,38,56H,3,7,9,11,16-21,25,30-32H2,1-2,4-6H3,(H,55,60)(H,57,61). The van der Waals surface area contributed by atoms with Crippen LogP contribution in [0, 0.1) is 0 Å². The number of aliphatic imine (C=N–C) groups is 1. The zero-order valence-corrected chi connectivity index (χ0v) is 41.5. The molecule has 1 atom stereocenters. The van der Waals surface area contributed by atoms with Crippen LogP contribution < -0.4 is 39.8 Å². The number of amides is 4. The van der Waals surface area contributed by atoms with Crippen LogP contribution in [-0.4, -0.2) is 86.1 Å². The average molecular weight is 973 g/mol. The molecule has 0 saturated carbocycles. The second-order valence-corrected chi connectivity index (χ2v) is 21.1. The lowest BCUT2D eigenvalue weighted by Crippen LogP contribution is -2.39. The lowest BCUT2D eigenvalue weighted by molar-refractivity contribution is -0.120. The molecule has 0 radical (unpaired) electrons. The van der Waals surface area contributed by atoms with E-state index in [0.29, 0.717) is 83.5 Å². The Bertz CT molecular complexity index is 2700. The molecule has 8 rings (SSSR count). The van der Waals surface area contributed by atoms with E-state index >= 15 is 0 Å². The summed E-state index contributed by atoms with van der Waals surface area (Å²) in [7, 11) is 8.15. The third kappa shape index (κ3) is 11.4. The molecule has 14 nitrogen and oxygen atoms in total. The van der Waals surface area contributed by atoms with Gasteiger partial charge in [0, 0.05) is 72.7 Å². The van der Waals surface area contributed by atoms with Gasteiger partial charge >= 0.3 is 0 Å². The van der Waals surface area contributed by atoms with Gasteiger partial charge in [-0.1, -0.05) is 51.9 Å². The van der Waals surface area contributed by atoms with E-state index in [2.05, 4.69) is 59.7 Å². The van der Waals surface area contributed by atoms with Gasteiger partial charge in [0.2, 0.25) is 11.8 Å². The fourth-order valence-electron chi connectivity index (χ4n) is 9.09. The molecule has 1 saturated heterocycles. The minimum atomic E-state index is -0.184. The predicted molar refractivity (Wildman–Crippen MR) is 276 cm³/mol. The second-order valence-electron chi connectivity index (χ2n) is 18.0. The number of nitrogens with zero attached hydrogens (tertiary/aromatic N) is 3. The van der Waals surface area contributed by atoms with E-state index in [0.717, 1.165) is 65.9 Å². The van der Waals surface area contributed by atoms with E-state index < -0.39 is 0 Å². The Hall–Kier alpha value is -6.39. The molecule has 0 spiro atoms. The summed E-state index contributed by atoms with van der Waals surface area (Å²) in [6.45, 7) is 9.34. The molecule has 4 aromatic carbocycles. The van der Waals surface area contributed by atoms with Gasteiger partial charge in [-0.25, -0.2) is 0 Å². The quantitative estimate of drug-likeness (QED) is 0.0440. The summed E-state index contributed by atoms with van der Waals surface area (Å²) in [5.74, 6) is 2.04. The summed E-state index contributed by atoms with van der Waals surface area (Å²) in [4.78, 5) is 61.2. The van der Waals surface area contributed by atoms with Crippen molar-refractivity contribution in [2.45, 2.75) is 89.2 Å². The summed E-state index contributed by atoms with van der Waals surface area (Å²) in [5, 5.41) is 9.26. The van der Waals surface area contributed by atoms with Crippen molar-refractivity contribution in [3.8, 4) is 23.0 Å². The number of allylic oxidation sites excluding steroid dienone is 3. The van der Waals surface area contributed by atoms with Crippen LogP contribution in [0.25, 0.3) is 0 Å².